The molecule has 3 heteroatoms. The first-order chi connectivity index (χ1) is 8.35. The Hall–Kier alpha value is -0.570. The monoisotopic (exact) mass is 243 g/mol. The second-order valence-electron chi connectivity index (χ2n) is 4.55. The first-order valence-electron chi connectivity index (χ1n) is 7.20. The van der Waals surface area contributed by atoms with Crippen molar-refractivity contribution in [2.24, 2.45) is 0 Å². The van der Waals surface area contributed by atoms with Gasteiger partial charge < -0.3 is 0 Å². The summed E-state index contributed by atoms with van der Waals surface area (Å²) in [5, 5.41) is 1.40. The van der Waals surface area contributed by atoms with Gasteiger partial charge in [0, 0.05) is 6.54 Å². The highest BCUT2D eigenvalue weighted by molar-refractivity contribution is 5.44. The summed E-state index contributed by atoms with van der Waals surface area (Å²) in [5.41, 5.74) is 0. The molecule has 0 bridgehead atoms. The maximum absolute atomic E-state index is 10.6. The van der Waals surface area contributed by atoms with Crippen LogP contribution in [0.1, 0.15) is 71.6 Å². The molecule has 17 heavy (non-hydrogen) atoms. The van der Waals surface area contributed by atoms with E-state index in [-0.39, 0.29) is 0 Å². The van der Waals surface area contributed by atoms with Gasteiger partial charge in [-0.25, -0.2) is 5.06 Å². The molecule has 0 fully saturated rings. The first-order valence-corrected chi connectivity index (χ1v) is 7.20. The molecule has 3 nitrogen and oxygen atoms in total. The molecule has 0 N–H and O–H groups in total. The van der Waals surface area contributed by atoms with E-state index in [1.54, 1.807) is 0 Å². The zero-order valence-corrected chi connectivity index (χ0v) is 11.6. The van der Waals surface area contributed by atoms with Gasteiger partial charge in [-0.2, -0.15) is 0 Å². The van der Waals surface area contributed by atoms with Gasteiger partial charge in [-0.1, -0.05) is 58.8 Å². The molecule has 0 spiro atoms. The number of amides is 1. The Labute approximate surface area is 106 Å². The van der Waals surface area contributed by atoms with Gasteiger partial charge in [0.2, 0.25) is 6.41 Å². The lowest BCUT2D eigenvalue weighted by Crippen LogP contribution is -2.23. The van der Waals surface area contributed by atoms with Gasteiger partial charge in [0.1, 0.15) is 0 Å². The molecule has 102 valence electrons. The van der Waals surface area contributed by atoms with E-state index in [1.807, 2.05) is 6.92 Å². The topological polar surface area (TPSA) is 29.5 Å². The predicted molar refractivity (Wildman–Crippen MR) is 71.6 cm³/mol. The number of carbonyl (C=O) groups is 1. The first kappa shape index (κ1) is 16.4. The van der Waals surface area contributed by atoms with E-state index in [9.17, 15) is 4.79 Å². The summed E-state index contributed by atoms with van der Waals surface area (Å²) in [6.45, 7) is 5.65. The third-order valence-corrected chi connectivity index (χ3v) is 2.82. The third kappa shape index (κ3) is 11.7. The Morgan fingerprint density at radius 2 is 1.47 bits per heavy atom. The van der Waals surface area contributed by atoms with Crippen LogP contribution in [0.5, 0.6) is 0 Å². The van der Waals surface area contributed by atoms with Crippen LogP contribution in [0.15, 0.2) is 0 Å². The highest BCUT2D eigenvalue weighted by Crippen LogP contribution is 2.08. The minimum Gasteiger partial charge on any atom is -0.276 e. The smallest absolute Gasteiger partial charge is 0.233 e. The van der Waals surface area contributed by atoms with E-state index >= 15 is 0 Å². The molecule has 0 aromatic rings. The summed E-state index contributed by atoms with van der Waals surface area (Å²) in [5.74, 6) is 0. The predicted octanol–water partition coefficient (Wildman–Crippen LogP) is 3.93. The van der Waals surface area contributed by atoms with Crippen molar-refractivity contribution in [3.8, 4) is 0 Å². The van der Waals surface area contributed by atoms with E-state index < -0.39 is 0 Å². The van der Waals surface area contributed by atoms with Gasteiger partial charge >= 0.3 is 0 Å². The summed E-state index contributed by atoms with van der Waals surface area (Å²) < 4.78 is 0. The van der Waals surface area contributed by atoms with Crippen molar-refractivity contribution < 1.29 is 9.63 Å². The highest BCUT2D eigenvalue weighted by Gasteiger charge is 1.99. The number of hydrogen-bond acceptors (Lipinski definition) is 2. The number of hydrogen-bond donors (Lipinski definition) is 0. The molecule has 0 aliphatic rings. The van der Waals surface area contributed by atoms with E-state index in [4.69, 9.17) is 4.84 Å². The second-order valence-corrected chi connectivity index (χ2v) is 4.55. The SMILES string of the molecule is CCCCCCCCCCON(C=O)CCC. The maximum atomic E-state index is 10.6. The van der Waals surface area contributed by atoms with Crippen molar-refractivity contribution in [2.75, 3.05) is 13.2 Å². The van der Waals surface area contributed by atoms with Crippen molar-refractivity contribution in [1.82, 2.24) is 5.06 Å². The summed E-state index contributed by atoms with van der Waals surface area (Å²) in [6.07, 6.45) is 12.0. The van der Waals surface area contributed by atoms with Crippen molar-refractivity contribution in [2.45, 2.75) is 71.6 Å². The minimum absolute atomic E-state index is 0.674. The van der Waals surface area contributed by atoms with Crippen LogP contribution in [0.4, 0.5) is 0 Å². The van der Waals surface area contributed by atoms with Gasteiger partial charge in [0.25, 0.3) is 0 Å². The normalized spacial score (nSPS) is 10.5. The molecule has 0 aliphatic heterocycles. The number of unbranched alkanes of at least 4 members (excludes halogenated alkanes) is 7. The average Bonchev–Trinajstić information content (AvgIpc) is 2.35. The summed E-state index contributed by atoms with van der Waals surface area (Å²) >= 11 is 0. The van der Waals surface area contributed by atoms with E-state index in [0.717, 1.165) is 19.3 Å². The fourth-order valence-electron chi connectivity index (χ4n) is 1.79. The van der Waals surface area contributed by atoms with Gasteiger partial charge in [0.05, 0.1) is 6.61 Å². The molecular formula is C14H29NO2. The van der Waals surface area contributed by atoms with Gasteiger partial charge in [0.15, 0.2) is 0 Å². The fraction of sp³-hybridized carbons (Fsp3) is 0.929. The number of nitrogens with zero attached hydrogens (tertiary/aromatic N) is 1. The lowest BCUT2D eigenvalue weighted by atomic mass is 10.1. The van der Waals surface area contributed by atoms with E-state index in [1.165, 1.54) is 50.0 Å². The molecular weight excluding hydrogens is 214 g/mol. The van der Waals surface area contributed by atoms with Crippen LogP contribution in [0, 0.1) is 0 Å². The van der Waals surface area contributed by atoms with Crippen LogP contribution in [0.2, 0.25) is 0 Å². The summed E-state index contributed by atoms with van der Waals surface area (Å²) in [7, 11) is 0. The lowest BCUT2D eigenvalue weighted by molar-refractivity contribution is -0.172. The Morgan fingerprint density at radius 3 is 2.00 bits per heavy atom. The highest BCUT2D eigenvalue weighted by atomic mass is 16.7. The third-order valence-electron chi connectivity index (χ3n) is 2.82. The van der Waals surface area contributed by atoms with Crippen LogP contribution >= 0.6 is 0 Å². The molecule has 0 unspecified atom stereocenters. The Morgan fingerprint density at radius 1 is 0.882 bits per heavy atom. The molecule has 0 heterocycles. The summed E-state index contributed by atoms with van der Waals surface area (Å²) in [4.78, 5) is 15.9. The standard InChI is InChI=1S/C14H29NO2/c1-3-5-6-7-8-9-10-11-13-17-15(14-16)12-4-2/h14H,3-13H2,1-2H3. The van der Waals surface area contributed by atoms with Crippen molar-refractivity contribution in [1.29, 1.82) is 0 Å². The molecule has 0 aromatic heterocycles. The lowest BCUT2D eigenvalue weighted by Gasteiger charge is -2.15. The second kappa shape index (κ2) is 13.5. The van der Waals surface area contributed by atoms with Crippen molar-refractivity contribution in [3.63, 3.8) is 0 Å². The van der Waals surface area contributed by atoms with Crippen LogP contribution in [0.25, 0.3) is 0 Å². The fourth-order valence-corrected chi connectivity index (χ4v) is 1.79. The number of rotatable bonds is 13. The van der Waals surface area contributed by atoms with Gasteiger partial charge in [-0.15, -0.1) is 0 Å². The van der Waals surface area contributed by atoms with Gasteiger partial charge in [-0.3, -0.25) is 9.63 Å². The summed E-state index contributed by atoms with van der Waals surface area (Å²) in [6, 6.07) is 0. The molecule has 0 atom stereocenters. The van der Waals surface area contributed by atoms with Crippen LogP contribution in [-0.4, -0.2) is 24.6 Å². The quantitative estimate of drug-likeness (QED) is 0.279. The van der Waals surface area contributed by atoms with E-state index in [2.05, 4.69) is 6.92 Å². The Balaban J connectivity index is 3.14. The van der Waals surface area contributed by atoms with Crippen LogP contribution in [0.3, 0.4) is 0 Å². The Kier molecular flexibility index (Phi) is 13.0. The zero-order chi connectivity index (χ0) is 12.8. The van der Waals surface area contributed by atoms with Crippen LogP contribution < -0.4 is 0 Å². The molecule has 0 aliphatic carbocycles. The molecule has 0 rings (SSSR count). The molecule has 0 aromatic carbocycles. The van der Waals surface area contributed by atoms with E-state index in [0.29, 0.717) is 13.2 Å². The molecule has 0 saturated carbocycles. The molecule has 1 amide bonds. The van der Waals surface area contributed by atoms with Gasteiger partial charge in [-0.05, 0) is 12.8 Å². The van der Waals surface area contributed by atoms with Crippen molar-refractivity contribution >= 4 is 6.41 Å². The largest absolute Gasteiger partial charge is 0.276 e. The average molecular weight is 243 g/mol. The number of hydroxylamine groups is 2. The maximum Gasteiger partial charge on any atom is 0.233 e. The minimum atomic E-state index is 0.674. The zero-order valence-electron chi connectivity index (χ0n) is 11.6. The Bertz CT molecular complexity index is 162. The molecule has 0 radical (unpaired) electrons. The van der Waals surface area contributed by atoms with Crippen LogP contribution in [-0.2, 0) is 9.63 Å². The molecule has 0 saturated heterocycles. The number of carbonyl (C=O) groups excluding carboxylic acids is 1. The van der Waals surface area contributed by atoms with Crippen molar-refractivity contribution in [3.05, 3.63) is 0 Å².